The lowest BCUT2D eigenvalue weighted by Gasteiger charge is -2.11. The van der Waals surface area contributed by atoms with Crippen LogP contribution in [0.25, 0.3) is 16.9 Å². The second-order valence-corrected chi connectivity index (χ2v) is 5.36. The van der Waals surface area contributed by atoms with Crippen molar-refractivity contribution in [2.75, 3.05) is 0 Å². The third-order valence-corrected chi connectivity index (χ3v) is 3.64. The first-order valence-electron chi connectivity index (χ1n) is 6.69. The van der Waals surface area contributed by atoms with Crippen molar-refractivity contribution in [1.82, 2.24) is 14.5 Å². The van der Waals surface area contributed by atoms with Crippen LogP contribution < -0.4 is 0 Å². The van der Waals surface area contributed by atoms with Gasteiger partial charge in [0, 0.05) is 11.9 Å². The zero-order valence-electron chi connectivity index (χ0n) is 11.5. The SMILES string of the molecule is CC(C)c1cccc(-n2c(CCl)nc3cccnc32)c1. The molecule has 0 aliphatic rings. The highest BCUT2D eigenvalue weighted by Crippen LogP contribution is 2.23. The van der Waals surface area contributed by atoms with Gasteiger partial charge in [-0.2, -0.15) is 0 Å². The standard InChI is InChI=1S/C16H16ClN3/c1-11(2)12-5-3-6-13(9-12)20-15(10-17)19-14-7-4-8-18-16(14)20/h3-9,11H,10H2,1-2H3. The first kappa shape index (κ1) is 13.1. The Hall–Kier alpha value is -1.87. The summed E-state index contributed by atoms with van der Waals surface area (Å²) >= 11 is 6.04. The number of rotatable bonds is 3. The van der Waals surface area contributed by atoms with E-state index in [1.807, 2.05) is 16.7 Å². The number of aromatic nitrogens is 3. The number of benzene rings is 1. The Bertz CT molecular complexity index is 746. The highest BCUT2D eigenvalue weighted by Gasteiger charge is 2.13. The van der Waals surface area contributed by atoms with Crippen LogP contribution in [0, 0.1) is 0 Å². The molecule has 0 radical (unpaired) electrons. The van der Waals surface area contributed by atoms with Gasteiger partial charge in [-0.1, -0.05) is 26.0 Å². The fourth-order valence-electron chi connectivity index (χ4n) is 2.34. The van der Waals surface area contributed by atoms with E-state index in [4.69, 9.17) is 11.6 Å². The summed E-state index contributed by atoms with van der Waals surface area (Å²) in [6.45, 7) is 4.37. The third-order valence-electron chi connectivity index (χ3n) is 3.40. The van der Waals surface area contributed by atoms with Crippen LogP contribution in [0.2, 0.25) is 0 Å². The van der Waals surface area contributed by atoms with Crippen LogP contribution in [0.4, 0.5) is 0 Å². The predicted octanol–water partition coefficient (Wildman–Crippen LogP) is 4.28. The summed E-state index contributed by atoms with van der Waals surface area (Å²) in [5, 5.41) is 0. The molecular weight excluding hydrogens is 270 g/mol. The maximum Gasteiger partial charge on any atom is 0.164 e. The molecule has 0 spiro atoms. The van der Waals surface area contributed by atoms with Crippen molar-refractivity contribution in [1.29, 1.82) is 0 Å². The number of halogens is 1. The van der Waals surface area contributed by atoms with Crippen LogP contribution >= 0.6 is 11.6 Å². The summed E-state index contributed by atoms with van der Waals surface area (Å²) in [6, 6.07) is 12.3. The molecule has 4 heteroatoms. The molecule has 102 valence electrons. The van der Waals surface area contributed by atoms with Gasteiger partial charge in [-0.15, -0.1) is 11.6 Å². The van der Waals surface area contributed by atoms with Gasteiger partial charge >= 0.3 is 0 Å². The van der Waals surface area contributed by atoms with Gasteiger partial charge in [0.1, 0.15) is 11.3 Å². The molecule has 20 heavy (non-hydrogen) atoms. The van der Waals surface area contributed by atoms with E-state index in [9.17, 15) is 0 Å². The lowest BCUT2D eigenvalue weighted by atomic mass is 10.0. The number of nitrogens with zero attached hydrogens (tertiary/aromatic N) is 3. The number of alkyl halides is 1. The molecule has 0 aliphatic carbocycles. The van der Waals surface area contributed by atoms with Crippen LogP contribution in [-0.2, 0) is 5.88 Å². The summed E-state index contributed by atoms with van der Waals surface area (Å²) in [7, 11) is 0. The van der Waals surface area contributed by atoms with Crippen molar-refractivity contribution in [3.8, 4) is 5.69 Å². The highest BCUT2D eigenvalue weighted by atomic mass is 35.5. The van der Waals surface area contributed by atoms with Gasteiger partial charge in [0.05, 0.1) is 5.88 Å². The molecule has 0 saturated heterocycles. The van der Waals surface area contributed by atoms with E-state index >= 15 is 0 Å². The number of hydrogen-bond acceptors (Lipinski definition) is 2. The zero-order chi connectivity index (χ0) is 14.1. The Morgan fingerprint density at radius 2 is 2.05 bits per heavy atom. The van der Waals surface area contributed by atoms with Crippen LogP contribution in [0.3, 0.4) is 0 Å². The molecule has 3 rings (SSSR count). The topological polar surface area (TPSA) is 30.7 Å². The molecule has 1 aromatic carbocycles. The maximum atomic E-state index is 6.04. The van der Waals surface area contributed by atoms with Gasteiger partial charge in [0.25, 0.3) is 0 Å². The van der Waals surface area contributed by atoms with Gasteiger partial charge in [0.15, 0.2) is 5.65 Å². The molecule has 0 bridgehead atoms. The largest absolute Gasteiger partial charge is 0.280 e. The van der Waals surface area contributed by atoms with Crippen LogP contribution in [0.5, 0.6) is 0 Å². The minimum absolute atomic E-state index is 0.363. The Kier molecular flexibility index (Phi) is 3.45. The number of pyridine rings is 1. The van der Waals surface area contributed by atoms with E-state index in [-0.39, 0.29) is 0 Å². The minimum atomic E-state index is 0.363. The van der Waals surface area contributed by atoms with Crippen molar-refractivity contribution >= 4 is 22.8 Å². The smallest absolute Gasteiger partial charge is 0.164 e. The maximum absolute atomic E-state index is 6.04. The zero-order valence-corrected chi connectivity index (χ0v) is 12.3. The van der Waals surface area contributed by atoms with E-state index in [0.29, 0.717) is 11.8 Å². The highest BCUT2D eigenvalue weighted by molar-refractivity contribution is 6.16. The van der Waals surface area contributed by atoms with Crippen LogP contribution in [0.1, 0.15) is 31.2 Å². The average Bonchev–Trinajstić information content (AvgIpc) is 2.85. The van der Waals surface area contributed by atoms with Crippen LogP contribution in [0.15, 0.2) is 42.6 Å². The Morgan fingerprint density at radius 3 is 2.80 bits per heavy atom. The van der Waals surface area contributed by atoms with E-state index in [0.717, 1.165) is 22.7 Å². The summed E-state index contributed by atoms with van der Waals surface area (Å²) in [4.78, 5) is 8.99. The predicted molar refractivity (Wildman–Crippen MR) is 82.5 cm³/mol. The summed E-state index contributed by atoms with van der Waals surface area (Å²) in [5.74, 6) is 1.67. The number of hydrogen-bond donors (Lipinski definition) is 0. The first-order valence-corrected chi connectivity index (χ1v) is 7.23. The number of imidazole rings is 1. The fourth-order valence-corrected chi connectivity index (χ4v) is 2.52. The monoisotopic (exact) mass is 285 g/mol. The molecule has 0 unspecified atom stereocenters. The van der Waals surface area contributed by atoms with Crippen molar-refractivity contribution in [3.63, 3.8) is 0 Å². The molecule has 0 saturated carbocycles. The van der Waals surface area contributed by atoms with Gasteiger partial charge in [-0.3, -0.25) is 4.57 Å². The van der Waals surface area contributed by atoms with Gasteiger partial charge in [-0.05, 0) is 35.7 Å². The van der Waals surface area contributed by atoms with Crippen molar-refractivity contribution in [2.24, 2.45) is 0 Å². The lowest BCUT2D eigenvalue weighted by Crippen LogP contribution is -2.01. The molecule has 2 heterocycles. The van der Waals surface area contributed by atoms with E-state index in [2.05, 4.69) is 48.1 Å². The number of fused-ring (bicyclic) bond motifs is 1. The summed E-state index contributed by atoms with van der Waals surface area (Å²) in [5.41, 5.74) is 4.08. The normalized spacial score (nSPS) is 11.4. The second-order valence-electron chi connectivity index (χ2n) is 5.09. The van der Waals surface area contributed by atoms with Crippen LogP contribution in [-0.4, -0.2) is 14.5 Å². The van der Waals surface area contributed by atoms with Crippen molar-refractivity contribution in [3.05, 3.63) is 54.0 Å². The Balaban J connectivity index is 2.25. The van der Waals surface area contributed by atoms with Crippen molar-refractivity contribution in [2.45, 2.75) is 25.6 Å². The quantitative estimate of drug-likeness (QED) is 0.672. The summed E-state index contributed by atoms with van der Waals surface area (Å²) in [6.07, 6.45) is 1.78. The molecule has 2 aromatic heterocycles. The van der Waals surface area contributed by atoms with E-state index in [1.54, 1.807) is 6.20 Å². The van der Waals surface area contributed by atoms with Gasteiger partial charge in [0.2, 0.25) is 0 Å². The molecule has 3 nitrogen and oxygen atoms in total. The average molecular weight is 286 g/mol. The van der Waals surface area contributed by atoms with E-state index in [1.165, 1.54) is 5.56 Å². The third kappa shape index (κ3) is 2.18. The minimum Gasteiger partial charge on any atom is -0.280 e. The van der Waals surface area contributed by atoms with Crippen molar-refractivity contribution < 1.29 is 0 Å². The first-order chi connectivity index (χ1) is 9.70. The lowest BCUT2D eigenvalue weighted by molar-refractivity contribution is 0.860. The fraction of sp³-hybridized carbons (Fsp3) is 0.250. The molecule has 0 atom stereocenters. The summed E-state index contributed by atoms with van der Waals surface area (Å²) < 4.78 is 2.04. The van der Waals surface area contributed by atoms with Gasteiger partial charge < -0.3 is 0 Å². The Labute approximate surface area is 123 Å². The molecule has 0 aliphatic heterocycles. The molecule has 0 fully saturated rings. The van der Waals surface area contributed by atoms with Gasteiger partial charge in [-0.25, -0.2) is 9.97 Å². The second kappa shape index (κ2) is 5.25. The molecule has 3 aromatic rings. The molecule has 0 N–H and O–H groups in total. The molecular formula is C16H16ClN3. The molecule has 0 amide bonds. The van der Waals surface area contributed by atoms with E-state index < -0.39 is 0 Å². The Morgan fingerprint density at radius 1 is 1.20 bits per heavy atom.